The van der Waals surface area contributed by atoms with E-state index in [1.165, 1.54) is 57.8 Å². The van der Waals surface area contributed by atoms with E-state index >= 15 is 0 Å². The van der Waals surface area contributed by atoms with Crippen LogP contribution in [0.3, 0.4) is 0 Å². The number of anilines is 1. The highest BCUT2D eigenvalue weighted by atomic mass is 16.1. The third kappa shape index (κ3) is 6.50. The van der Waals surface area contributed by atoms with Crippen molar-refractivity contribution in [2.75, 3.05) is 31.5 Å². The quantitative estimate of drug-likeness (QED) is 0.689. The van der Waals surface area contributed by atoms with Gasteiger partial charge in [-0.25, -0.2) is 9.97 Å². The molecule has 1 aliphatic carbocycles. The molecule has 0 unspecified atom stereocenters. The molecule has 1 amide bonds. The normalized spacial score (nSPS) is 18.3. The Morgan fingerprint density at radius 2 is 1.74 bits per heavy atom. The summed E-state index contributed by atoms with van der Waals surface area (Å²) in [7, 11) is 0. The number of rotatable bonds is 7. The number of benzene rings is 1. The van der Waals surface area contributed by atoms with Gasteiger partial charge < -0.3 is 15.5 Å². The predicted molar refractivity (Wildman–Crippen MR) is 125 cm³/mol. The second-order valence-electron chi connectivity index (χ2n) is 8.86. The Labute approximate surface area is 185 Å². The van der Waals surface area contributed by atoms with E-state index in [0.717, 1.165) is 36.7 Å². The Kier molecular flexibility index (Phi) is 7.88. The molecule has 1 aromatic heterocycles. The van der Waals surface area contributed by atoms with E-state index in [1.54, 1.807) is 6.33 Å². The van der Waals surface area contributed by atoms with E-state index in [0.29, 0.717) is 18.2 Å². The number of likely N-dealkylation sites (tertiary alicyclic amines) is 1. The lowest BCUT2D eigenvalue weighted by molar-refractivity contribution is 0.0948. The van der Waals surface area contributed by atoms with E-state index < -0.39 is 0 Å². The Bertz CT molecular complexity index is 841. The van der Waals surface area contributed by atoms with Gasteiger partial charge in [0.15, 0.2) is 0 Å². The molecule has 4 rings (SSSR count). The molecule has 1 saturated carbocycles. The summed E-state index contributed by atoms with van der Waals surface area (Å²) in [6, 6.07) is 10.2. The zero-order valence-corrected chi connectivity index (χ0v) is 18.5. The topological polar surface area (TPSA) is 70.2 Å². The third-order valence-electron chi connectivity index (χ3n) is 6.46. The van der Waals surface area contributed by atoms with Crippen molar-refractivity contribution in [2.45, 2.75) is 63.8 Å². The predicted octanol–water partition coefficient (Wildman–Crippen LogP) is 4.49. The fraction of sp³-hybridized carbons (Fsp3) is 0.560. The van der Waals surface area contributed by atoms with Crippen molar-refractivity contribution < 1.29 is 4.79 Å². The van der Waals surface area contributed by atoms with Crippen molar-refractivity contribution in [3.63, 3.8) is 0 Å². The van der Waals surface area contributed by atoms with Gasteiger partial charge in [0.05, 0.1) is 5.69 Å². The molecule has 1 aromatic carbocycles. The molecule has 2 fully saturated rings. The first-order chi connectivity index (χ1) is 15.3. The number of aromatic nitrogens is 2. The van der Waals surface area contributed by atoms with Gasteiger partial charge in [-0.15, -0.1) is 0 Å². The first-order valence-corrected chi connectivity index (χ1v) is 12.0. The molecule has 0 radical (unpaired) electrons. The molecule has 6 nitrogen and oxygen atoms in total. The maximum Gasteiger partial charge on any atom is 0.251 e. The summed E-state index contributed by atoms with van der Waals surface area (Å²) in [6.45, 7) is 3.91. The number of amides is 1. The molecule has 2 aliphatic rings. The first-order valence-electron chi connectivity index (χ1n) is 12.0. The van der Waals surface area contributed by atoms with Crippen LogP contribution in [0, 0.1) is 0 Å². The Balaban J connectivity index is 1.35. The summed E-state index contributed by atoms with van der Waals surface area (Å²) in [5.74, 6) is 0.843. The monoisotopic (exact) mass is 421 g/mol. The van der Waals surface area contributed by atoms with Crippen molar-refractivity contribution in [3.8, 4) is 11.3 Å². The average molecular weight is 422 g/mol. The summed E-state index contributed by atoms with van der Waals surface area (Å²) >= 11 is 0. The molecule has 1 aliphatic heterocycles. The van der Waals surface area contributed by atoms with Crippen LogP contribution in [-0.2, 0) is 0 Å². The molecule has 2 N–H and O–H groups in total. The number of hydrogen-bond donors (Lipinski definition) is 2. The fourth-order valence-electron chi connectivity index (χ4n) is 4.66. The third-order valence-corrected chi connectivity index (χ3v) is 6.46. The van der Waals surface area contributed by atoms with Gasteiger partial charge in [0.2, 0.25) is 0 Å². The van der Waals surface area contributed by atoms with E-state index in [9.17, 15) is 4.79 Å². The Morgan fingerprint density at radius 3 is 2.55 bits per heavy atom. The lowest BCUT2D eigenvalue weighted by Gasteiger charge is -2.23. The van der Waals surface area contributed by atoms with Gasteiger partial charge in [-0.05, 0) is 50.9 Å². The van der Waals surface area contributed by atoms with Crippen LogP contribution in [0.25, 0.3) is 11.3 Å². The van der Waals surface area contributed by atoms with Gasteiger partial charge in [0.1, 0.15) is 12.1 Å². The average Bonchev–Trinajstić information content (AvgIpc) is 3.09. The van der Waals surface area contributed by atoms with E-state index in [-0.39, 0.29) is 5.91 Å². The van der Waals surface area contributed by atoms with Gasteiger partial charge in [-0.2, -0.15) is 0 Å². The van der Waals surface area contributed by atoms with Crippen molar-refractivity contribution in [1.29, 1.82) is 0 Å². The Morgan fingerprint density at radius 1 is 0.968 bits per heavy atom. The molecule has 0 bridgehead atoms. The van der Waals surface area contributed by atoms with Crippen LogP contribution in [0.5, 0.6) is 0 Å². The molecular formula is C25H35N5O. The largest absolute Gasteiger partial charge is 0.367 e. The van der Waals surface area contributed by atoms with Gasteiger partial charge >= 0.3 is 0 Å². The second-order valence-corrected chi connectivity index (χ2v) is 8.86. The van der Waals surface area contributed by atoms with Crippen molar-refractivity contribution in [3.05, 3.63) is 42.2 Å². The lowest BCUT2D eigenvalue weighted by atomic mass is 9.95. The molecular weight excluding hydrogens is 386 g/mol. The minimum absolute atomic E-state index is 0.0220. The standard InChI is InChI=1S/C25H35N5O/c31-25(26-13-16-30-14-6-1-2-7-15-30)21-10-8-9-20(17-21)23-18-24(28-19-27-23)29-22-11-4-3-5-12-22/h8-10,17-19,22H,1-7,11-16H2,(H,26,31)(H,27,28,29). The summed E-state index contributed by atoms with van der Waals surface area (Å²) in [4.78, 5) is 24.0. The van der Waals surface area contributed by atoms with Crippen LogP contribution in [-0.4, -0.2) is 53.0 Å². The number of nitrogens with zero attached hydrogens (tertiary/aromatic N) is 3. The van der Waals surface area contributed by atoms with E-state index in [1.807, 2.05) is 30.3 Å². The first kappa shape index (κ1) is 21.8. The summed E-state index contributed by atoms with van der Waals surface area (Å²) < 4.78 is 0. The van der Waals surface area contributed by atoms with Gasteiger partial charge in [-0.1, -0.05) is 44.2 Å². The maximum absolute atomic E-state index is 12.7. The van der Waals surface area contributed by atoms with E-state index in [2.05, 4.69) is 25.5 Å². The molecule has 6 heteroatoms. The van der Waals surface area contributed by atoms with Gasteiger partial charge in [0.25, 0.3) is 5.91 Å². The number of carbonyl (C=O) groups is 1. The van der Waals surface area contributed by atoms with Crippen LogP contribution in [0.1, 0.15) is 68.1 Å². The molecule has 2 heterocycles. The number of hydrogen-bond acceptors (Lipinski definition) is 5. The summed E-state index contributed by atoms with van der Waals surface area (Å²) in [5.41, 5.74) is 2.45. The lowest BCUT2D eigenvalue weighted by Crippen LogP contribution is -2.35. The van der Waals surface area contributed by atoms with Crippen LogP contribution >= 0.6 is 0 Å². The van der Waals surface area contributed by atoms with Crippen LogP contribution in [0.15, 0.2) is 36.7 Å². The van der Waals surface area contributed by atoms with Crippen LogP contribution in [0.4, 0.5) is 5.82 Å². The molecule has 166 valence electrons. The molecule has 31 heavy (non-hydrogen) atoms. The number of nitrogens with one attached hydrogen (secondary N) is 2. The van der Waals surface area contributed by atoms with Crippen LogP contribution in [0.2, 0.25) is 0 Å². The highest BCUT2D eigenvalue weighted by Crippen LogP contribution is 2.24. The highest BCUT2D eigenvalue weighted by molar-refractivity contribution is 5.95. The minimum atomic E-state index is -0.0220. The van der Waals surface area contributed by atoms with Crippen molar-refractivity contribution in [2.24, 2.45) is 0 Å². The molecule has 0 atom stereocenters. The zero-order valence-electron chi connectivity index (χ0n) is 18.5. The maximum atomic E-state index is 12.7. The fourth-order valence-corrected chi connectivity index (χ4v) is 4.66. The second kappa shape index (κ2) is 11.2. The van der Waals surface area contributed by atoms with Crippen molar-refractivity contribution in [1.82, 2.24) is 20.2 Å². The molecule has 0 spiro atoms. The Hall–Kier alpha value is -2.47. The molecule has 2 aromatic rings. The zero-order chi connectivity index (χ0) is 21.3. The van der Waals surface area contributed by atoms with E-state index in [4.69, 9.17) is 0 Å². The van der Waals surface area contributed by atoms with Crippen molar-refractivity contribution >= 4 is 11.7 Å². The summed E-state index contributed by atoms with van der Waals surface area (Å²) in [5, 5.41) is 6.64. The van der Waals surface area contributed by atoms with Gasteiger partial charge in [0, 0.05) is 36.3 Å². The number of carbonyl (C=O) groups excluding carboxylic acids is 1. The smallest absolute Gasteiger partial charge is 0.251 e. The molecule has 1 saturated heterocycles. The van der Waals surface area contributed by atoms with Gasteiger partial charge in [-0.3, -0.25) is 4.79 Å². The van der Waals surface area contributed by atoms with Crippen LogP contribution < -0.4 is 10.6 Å². The summed E-state index contributed by atoms with van der Waals surface area (Å²) in [6.07, 6.45) is 13.1. The SMILES string of the molecule is O=C(NCCN1CCCCCC1)c1cccc(-c2cc(NC3CCCCC3)ncn2)c1. The minimum Gasteiger partial charge on any atom is -0.367 e. The highest BCUT2D eigenvalue weighted by Gasteiger charge is 2.15.